The molecule has 1 atom stereocenters. The molecule has 0 aromatic carbocycles. The lowest BCUT2D eigenvalue weighted by Gasteiger charge is -2.15. The molecule has 0 radical (unpaired) electrons. The molecule has 0 saturated carbocycles. The van der Waals surface area contributed by atoms with Crippen molar-refractivity contribution in [2.24, 2.45) is 0 Å². The summed E-state index contributed by atoms with van der Waals surface area (Å²) in [7, 11) is 0. The summed E-state index contributed by atoms with van der Waals surface area (Å²) < 4.78 is 3.84. The lowest BCUT2D eigenvalue weighted by Crippen LogP contribution is -2.17. The molecule has 118 valence electrons. The van der Waals surface area contributed by atoms with Gasteiger partial charge in [-0.25, -0.2) is 0 Å². The molecular weight excluding hydrogens is 284 g/mol. The molecule has 0 aliphatic carbocycles. The van der Waals surface area contributed by atoms with E-state index in [0.717, 1.165) is 37.5 Å². The Morgan fingerprint density at radius 3 is 2.68 bits per heavy atom. The van der Waals surface area contributed by atoms with Crippen LogP contribution in [0.1, 0.15) is 55.3 Å². The highest BCUT2D eigenvalue weighted by Crippen LogP contribution is 2.28. The van der Waals surface area contributed by atoms with Gasteiger partial charge in [0, 0.05) is 13.0 Å². The van der Waals surface area contributed by atoms with E-state index in [-0.39, 0.29) is 16.7 Å². The Balaban J connectivity index is 2.02. The van der Waals surface area contributed by atoms with Crippen LogP contribution >= 0.6 is 0 Å². The fourth-order valence-electron chi connectivity index (χ4n) is 3.22. The van der Waals surface area contributed by atoms with Crippen molar-refractivity contribution < 1.29 is 4.92 Å². The largest absolute Gasteiger partial charge is 0.313 e. The zero-order valence-corrected chi connectivity index (χ0v) is 13.1. The van der Waals surface area contributed by atoms with Crippen LogP contribution in [0.15, 0.2) is 0 Å². The summed E-state index contributed by atoms with van der Waals surface area (Å²) in [6.45, 7) is 6.27. The van der Waals surface area contributed by atoms with Gasteiger partial charge in [0.2, 0.25) is 0 Å². The molecule has 3 heterocycles. The molecule has 0 N–H and O–H groups in total. The lowest BCUT2D eigenvalue weighted by atomic mass is 10.2. The Morgan fingerprint density at radius 2 is 2.00 bits per heavy atom. The minimum absolute atomic E-state index is 0.0856. The molecule has 1 aliphatic heterocycles. The smallest absolute Gasteiger partial charge is 0.312 e. The topological polar surface area (TPSA) is 91.7 Å². The third-order valence-corrected chi connectivity index (χ3v) is 4.35. The maximum atomic E-state index is 11.2. The second kappa shape index (κ2) is 5.51. The van der Waals surface area contributed by atoms with Crippen molar-refractivity contribution in [3.63, 3.8) is 0 Å². The minimum Gasteiger partial charge on any atom is -0.313 e. The zero-order chi connectivity index (χ0) is 15.9. The number of fused-ring (bicyclic) bond motifs is 1. The van der Waals surface area contributed by atoms with Crippen LogP contribution in [0.5, 0.6) is 0 Å². The number of hydrogen-bond acceptors (Lipinski definition) is 5. The highest BCUT2D eigenvalue weighted by molar-refractivity contribution is 5.40. The third-order valence-electron chi connectivity index (χ3n) is 4.35. The van der Waals surface area contributed by atoms with Crippen LogP contribution in [-0.2, 0) is 13.0 Å². The second-order valence-corrected chi connectivity index (χ2v) is 5.83. The summed E-state index contributed by atoms with van der Waals surface area (Å²) in [6.07, 6.45) is 4.39. The number of aryl methyl sites for hydroxylation is 2. The molecule has 2 aromatic heterocycles. The van der Waals surface area contributed by atoms with Crippen molar-refractivity contribution in [2.75, 3.05) is 0 Å². The summed E-state index contributed by atoms with van der Waals surface area (Å²) in [6, 6.07) is -0.174. The fourth-order valence-corrected chi connectivity index (χ4v) is 3.22. The number of rotatable bonds is 3. The minimum atomic E-state index is -0.370. The first kappa shape index (κ1) is 14.7. The van der Waals surface area contributed by atoms with Crippen molar-refractivity contribution in [1.29, 1.82) is 0 Å². The van der Waals surface area contributed by atoms with Gasteiger partial charge in [-0.05, 0) is 33.6 Å². The zero-order valence-electron chi connectivity index (χ0n) is 13.1. The molecule has 0 unspecified atom stereocenters. The molecule has 8 nitrogen and oxygen atoms in total. The van der Waals surface area contributed by atoms with Gasteiger partial charge in [-0.3, -0.25) is 14.8 Å². The van der Waals surface area contributed by atoms with E-state index in [1.807, 2.05) is 6.92 Å². The Kier molecular flexibility index (Phi) is 3.67. The average Bonchev–Trinajstić information content (AvgIpc) is 2.90. The van der Waals surface area contributed by atoms with Crippen molar-refractivity contribution >= 4 is 5.69 Å². The second-order valence-electron chi connectivity index (χ2n) is 5.83. The molecule has 0 amide bonds. The van der Waals surface area contributed by atoms with Crippen LogP contribution in [0.4, 0.5) is 5.69 Å². The molecule has 0 fully saturated rings. The van der Waals surface area contributed by atoms with E-state index in [9.17, 15) is 10.1 Å². The van der Waals surface area contributed by atoms with Crippen molar-refractivity contribution in [3.05, 3.63) is 33.2 Å². The summed E-state index contributed by atoms with van der Waals surface area (Å²) >= 11 is 0. The van der Waals surface area contributed by atoms with Gasteiger partial charge in [0.1, 0.15) is 23.3 Å². The molecule has 3 rings (SSSR count). The number of hydrogen-bond donors (Lipinski definition) is 0. The molecule has 0 spiro atoms. The molecule has 8 heteroatoms. The van der Waals surface area contributed by atoms with E-state index in [0.29, 0.717) is 11.4 Å². The summed E-state index contributed by atoms with van der Waals surface area (Å²) in [4.78, 5) is 10.8. The van der Waals surface area contributed by atoms with Crippen LogP contribution in [-0.4, -0.2) is 29.5 Å². The SMILES string of the molecule is Cc1nn([C@@H](C)c2nnc3n2CCCCC3)c(C)c1[N+](=O)[O-]. The van der Waals surface area contributed by atoms with Gasteiger partial charge in [0.15, 0.2) is 5.82 Å². The average molecular weight is 304 g/mol. The number of aromatic nitrogens is 5. The van der Waals surface area contributed by atoms with Gasteiger partial charge in [-0.15, -0.1) is 10.2 Å². The van der Waals surface area contributed by atoms with Gasteiger partial charge in [-0.2, -0.15) is 5.10 Å². The van der Waals surface area contributed by atoms with Crippen LogP contribution in [0.2, 0.25) is 0 Å². The van der Waals surface area contributed by atoms with Crippen LogP contribution in [0.25, 0.3) is 0 Å². The first-order valence-electron chi connectivity index (χ1n) is 7.62. The third kappa shape index (κ3) is 2.28. The highest BCUT2D eigenvalue weighted by Gasteiger charge is 2.27. The van der Waals surface area contributed by atoms with E-state index in [4.69, 9.17) is 0 Å². The predicted molar refractivity (Wildman–Crippen MR) is 79.7 cm³/mol. The Bertz CT molecular complexity index is 717. The van der Waals surface area contributed by atoms with Gasteiger partial charge < -0.3 is 4.57 Å². The first-order valence-corrected chi connectivity index (χ1v) is 7.62. The summed E-state index contributed by atoms with van der Waals surface area (Å²) in [5.41, 5.74) is 1.08. The maximum absolute atomic E-state index is 11.2. The van der Waals surface area contributed by atoms with E-state index < -0.39 is 0 Å². The quantitative estimate of drug-likeness (QED) is 0.641. The van der Waals surface area contributed by atoms with Crippen molar-refractivity contribution in [1.82, 2.24) is 24.5 Å². The molecule has 0 saturated heterocycles. The normalized spacial score (nSPS) is 16.1. The predicted octanol–water partition coefficient (Wildman–Crippen LogP) is 2.34. The molecule has 1 aliphatic rings. The molecule has 0 bridgehead atoms. The van der Waals surface area contributed by atoms with Gasteiger partial charge in [-0.1, -0.05) is 6.42 Å². The molecule has 22 heavy (non-hydrogen) atoms. The Labute approximate surface area is 128 Å². The maximum Gasteiger partial charge on any atom is 0.312 e. The van der Waals surface area contributed by atoms with Crippen molar-refractivity contribution in [3.8, 4) is 0 Å². The fraction of sp³-hybridized carbons (Fsp3) is 0.643. The van der Waals surface area contributed by atoms with E-state index in [1.54, 1.807) is 18.5 Å². The summed E-state index contributed by atoms with van der Waals surface area (Å²) in [5, 5.41) is 24.1. The van der Waals surface area contributed by atoms with Crippen LogP contribution in [0, 0.1) is 24.0 Å². The van der Waals surface area contributed by atoms with Gasteiger partial charge in [0.05, 0.1) is 4.92 Å². The van der Waals surface area contributed by atoms with Crippen LogP contribution in [0.3, 0.4) is 0 Å². The lowest BCUT2D eigenvalue weighted by molar-refractivity contribution is -0.386. The standard InChI is InChI=1S/C14H20N6O2/c1-9-13(20(21)22)10(2)19(17-9)11(3)14-16-15-12-7-5-4-6-8-18(12)14/h11H,4-8H2,1-3H3/t11-/m0/s1. The van der Waals surface area contributed by atoms with E-state index in [2.05, 4.69) is 19.9 Å². The van der Waals surface area contributed by atoms with Gasteiger partial charge in [0.25, 0.3) is 0 Å². The molecule has 2 aromatic rings. The van der Waals surface area contributed by atoms with Crippen molar-refractivity contribution in [2.45, 2.75) is 59.0 Å². The number of nitro groups is 1. The molecular formula is C14H20N6O2. The Hall–Kier alpha value is -2.25. The summed E-state index contributed by atoms with van der Waals surface area (Å²) in [5.74, 6) is 1.84. The highest BCUT2D eigenvalue weighted by atomic mass is 16.6. The van der Waals surface area contributed by atoms with Gasteiger partial charge >= 0.3 is 5.69 Å². The monoisotopic (exact) mass is 304 g/mol. The van der Waals surface area contributed by atoms with Crippen LogP contribution < -0.4 is 0 Å². The van der Waals surface area contributed by atoms with E-state index in [1.165, 1.54) is 6.42 Å². The number of nitrogens with zero attached hydrogens (tertiary/aromatic N) is 6. The van der Waals surface area contributed by atoms with E-state index >= 15 is 0 Å². The Morgan fingerprint density at radius 1 is 1.23 bits per heavy atom. The first-order chi connectivity index (χ1) is 10.5.